The van der Waals surface area contributed by atoms with Crippen molar-refractivity contribution in [3.63, 3.8) is 0 Å². The Morgan fingerprint density at radius 2 is 1.52 bits per heavy atom. The zero-order valence-electron chi connectivity index (χ0n) is 17.0. The highest BCUT2D eigenvalue weighted by atomic mass is 19.4. The average Bonchev–Trinajstić information content (AvgIpc) is 3.24. The van der Waals surface area contributed by atoms with Gasteiger partial charge in [-0.25, -0.2) is 0 Å². The summed E-state index contributed by atoms with van der Waals surface area (Å²) in [6.07, 6.45) is -4.52. The fraction of sp³-hybridized carbons (Fsp3) is 0.167. The summed E-state index contributed by atoms with van der Waals surface area (Å²) in [5, 5.41) is 3.95. The minimum absolute atomic E-state index is 0.0393. The molecule has 1 aromatic heterocycles. The van der Waals surface area contributed by atoms with E-state index in [1.807, 2.05) is 38.4 Å². The van der Waals surface area contributed by atoms with Crippen molar-refractivity contribution in [1.82, 2.24) is 15.0 Å². The van der Waals surface area contributed by atoms with Gasteiger partial charge in [0, 0.05) is 17.7 Å². The van der Waals surface area contributed by atoms with Crippen LogP contribution in [0.25, 0.3) is 34.0 Å². The third kappa shape index (κ3) is 4.67. The van der Waals surface area contributed by atoms with Gasteiger partial charge in [0.15, 0.2) is 0 Å². The van der Waals surface area contributed by atoms with Crippen molar-refractivity contribution in [2.45, 2.75) is 12.7 Å². The summed E-state index contributed by atoms with van der Waals surface area (Å²) in [5.41, 5.74) is 1.93. The summed E-state index contributed by atoms with van der Waals surface area (Å²) in [5.74, 6) is 0.365. The topological polar surface area (TPSA) is 42.2 Å². The third-order valence-electron chi connectivity index (χ3n) is 4.79. The van der Waals surface area contributed by atoms with Gasteiger partial charge in [-0.3, -0.25) is 0 Å². The van der Waals surface area contributed by atoms with Gasteiger partial charge in [-0.1, -0.05) is 65.8 Å². The predicted octanol–water partition coefficient (Wildman–Crippen LogP) is 6.15. The molecule has 4 rings (SSSR count). The quantitative estimate of drug-likeness (QED) is 0.386. The van der Waals surface area contributed by atoms with Crippen LogP contribution < -0.4 is 0 Å². The van der Waals surface area contributed by atoms with Crippen molar-refractivity contribution in [2.24, 2.45) is 0 Å². The molecule has 0 amide bonds. The van der Waals surface area contributed by atoms with Crippen LogP contribution in [-0.4, -0.2) is 29.1 Å². The van der Waals surface area contributed by atoms with Gasteiger partial charge in [0.1, 0.15) is 0 Å². The van der Waals surface area contributed by atoms with Gasteiger partial charge < -0.3 is 9.42 Å². The van der Waals surface area contributed by atoms with E-state index in [0.29, 0.717) is 11.4 Å². The van der Waals surface area contributed by atoms with Crippen LogP contribution in [0.5, 0.6) is 0 Å². The maximum atomic E-state index is 13.8. The summed E-state index contributed by atoms with van der Waals surface area (Å²) >= 11 is 0. The fourth-order valence-corrected chi connectivity index (χ4v) is 3.36. The monoisotopic (exact) mass is 423 g/mol. The van der Waals surface area contributed by atoms with E-state index in [0.717, 1.165) is 23.7 Å². The SMILES string of the molecule is CN(C)Cc1ccc(-c2noc(-c3ccc(-c4ccccc4)c(C(F)(F)F)c3)n2)cc1. The fourth-order valence-electron chi connectivity index (χ4n) is 3.36. The first-order valence-electron chi connectivity index (χ1n) is 9.66. The highest BCUT2D eigenvalue weighted by molar-refractivity contribution is 5.72. The third-order valence-corrected chi connectivity index (χ3v) is 4.79. The molecule has 31 heavy (non-hydrogen) atoms. The maximum absolute atomic E-state index is 13.8. The summed E-state index contributed by atoms with van der Waals surface area (Å²) in [6.45, 7) is 0.797. The van der Waals surface area contributed by atoms with Crippen molar-refractivity contribution in [3.05, 3.63) is 83.9 Å². The lowest BCUT2D eigenvalue weighted by Crippen LogP contribution is -2.10. The highest BCUT2D eigenvalue weighted by Gasteiger charge is 2.34. The molecular weight excluding hydrogens is 403 g/mol. The van der Waals surface area contributed by atoms with Gasteiger partial charge in [0.25, 0.3) is 5.89 Å². The molecule has 0 saturated heterocycles. The Kier molecular flexibility index (Phi) is 5.61. The second-order valence-corrected chi connectivity index (χ2v) is 7.48. The van der Waals surface area contributed by atoms with Crippen molar-refractivity contribution in [1.29, 1.82) is 0 Å². The molecule has 0 aliphatic carbocycles. The minimum atomic E-state index is -4.52. The number of benzene rings is 3. The molecule has 7 heteroatoms. The second kappa shape index (κ2) is 8.35. The molecule has 158 valence electrons. The molecule has 3 aromatic carbocycles. The first-order chi connectivity index (χ1) is 14.8. The number of alkyl halides is 3. The molecule has 0 N–H and O–H groups in total. The molecule has 0 atom stereocenters. The second-order valence-electron chi connectivity index (χ2n) is 7.48. The van der Waals surface area contributed by atoms with E-state index in [9.17, 15) is 13.2 Å². The molecule has 4 aromatic rings. The Balaban J connectivity index is 1.67. The van der Waals surface area contributed by atoms with Gasteiger partial charge in [0.05, 0.1) is 5.56 Å². The zero-order valence-corrected chi connectivity index (χ0v) is 17.0. The van der Waals surface area contributed by atoms with E-state index in [2.05, 4.69) is 15.0 Å². The van der Waals surface area contributed by atoms with E-state index in [-0.39, 0.29) is 17.0 Å². The van der Waals surface area contributed by atoms with Crippen LogP contribution in [0.15, 0.2) is 77.3 Å². The standard InChI is InChI=1S/C24H20F3N3O/c1-30(2)15-16-8-10-18(11-9-16)22-28-23(31-29-22)19-12-13-20(17-6-4-3-5-7-17)21(14-19)24(25,26)27/h3-14H,15H2,1-2H3. The van der Waals surface area contributed by atoms with Crippen LogP contribution in [-0.2, 0) is 12.7 Å². The van der Waals surface area contributed by atoms with E-state index in [1.54, 1.807) is 36.4 Å². The van der Waals surface area contributed by atoms with Crippen LogP contribution >= 0.6 is 0 Å². The van der Waals surface area contributed by atoms with Crippen molar-refractivity contribution < 1.29 is 17.7 Å². The van der Waals surface area contributed by atoms with Gasteiger partial charge in [-0.2, -0.15) is 18.2 Å². The molecule has 0 aliphatic rings. The van der Waals surface area contributed by atoms with E-state index < -0.39 is 11.7 Å². The maximum Gasteiger partial charge on any atom is 0.417 e. The lowest BCUT2D eigenvalue weighted by Gasteiger charge is -2.14. The summed E-state index contributed by atoms with van der Waals surface area (Å²) < 4.78 is 46.6. The van der Waals surface area contributed by atoms with Gasteiger partial charge in [-0.05, 0) is 42.9 Å². The van der Waals surface area contributed by atoms with Crippen LogP contribution in [0.1, 0.15) is 11.1 Å². The lowest BCUT2D eigenvalue weighted by atomic mass is 9.97. The van der Waals surface area contributed by atoms with Gasteiger partial charge in [0.2, 0.25) is 5.82 Å². The minimum Gasteiger partial charge on any atom is -0.334 e. The summed E-state index contributed by atoms with van der Waals surface area (Å²) in [7, 11) is 3.97. The predicted molar refractivity (Wildman–Crippen MR) is 113 cm³/mol. The molecule has 0 aliphatic heterocycles. The Morgan fingerprint density at radius 1 is 0.839 bits per heavy atom. The number of rotatable bonds is 5. The normalized spacial score (nSPS) is 11.8. The molecule has 4 nitrogen and oxygen atoms in total. The Labute approximate surface area is 178 Å². The molecule has 0 bridgehead atoms. The number of nitrogens with zero attached hydrogens (tertiary/aromatic N) is 3. The lowest BCUT2D eigenvalue weighted by molar-refractivity contribution is -0.137. The van der Waals surface area contributed by atoms with Gasteiger partial charge in [-0.15, -0.1) is 0 Å². The van der Waals surface area contributed by atoms with Crippen LogP contribution in [0, 0.1) is 0 Å². The molecule has 0 radical (unpaired) electrons. The van der Waals surface area contributed by atoms with E-state index in [4.69, 9.17) is 4.52 Å². The first kappa shape index (κ1) is 20.8. The smallest absolute Gasteiger partial charge is 0.334 e. The largest absolute Gasteiger partial charge is 0.417 e. The molecule has 0 fully saturated rings. The number of halogens is 3. The van der Waals surface area contributed by atoms with Crippen LogP contribution in [0.4, 0.5) is 13.2 Å². The Bertz CT molecular complexity index is 1170. The van der Waals surface area contributed by atoms with Crippen molar-refractivity contribution >= 4 is 0 Å². The number of hydrogen-bond acceptors (Lipinski definition) is 4. The molecule has 1 heterocycles. The van der Waals surface area contributed by atoms with E-state index >= 15 is 0 Å². The first-order valence-corrected chi connectivity index (χ1v) is 9.66. The van der Waals surface area contributed by atoms with Gasteiger partial charge >= 0.3 is 6.18 Å². The molecule has 0 unspecified atom stereocenters. The zero-order chi connectivity index (χ0) is 22.0. The van der Waals surface area contributed by atoms with E-state index in [1.165, 1.54) is 6.07 Å². The number of aromatic nitrogens is 2. The van der Waals surface area contributed by atoms with Crippen molar-refractivity contribution in [3.8, 4) is 34.0 Å². The molecule has 0 saturated carbocycles. The summed E-state index contributed by atoms with van der Waals surface area (Å²) in [6, 6.07) is 20.2. The van der Waals surface area contributed by atoms with Crippen LogP contribution in [0.2, 0.25) is 0 Å². The summed E-state index contributed by atoms with van der Waals surface area (Å²) in [4.78, 5) is 6.37. The molecule has 0 spiro atoms. The van der Waals surface area contributed by atoms with Crippen molar-refractivity contribution in [2.75, 3.05) is 14.1 Å². The average molecular weight is 423 g/mol. The Hall–Kier alpha value is -3.45. The highest BCUT2D eigenvalue weighted by Crippen LogP contribution is 2.39. The molecular formula is C24H20F3N3O. The Morgan fingerprint density at radius 3 is 2.16 bits per heavy atom. The number of hydrogen-bond donors (Lipinski definition) is 0. The van der Waals surface area contributed by atoms with Crippen LogP contribution in [0.3, 0.4) is 0 Å².